The minimum atomic E-state index is -4.17. The van der Waals surface area contributed by atoms with Crippen molar-refractivity contribution in [3.8, 4) is 11.3 Å². The molecule has 3 aromatic rings. The van der Waals surface area contributed by atoms with Crippen molar-refractivity contribution in [1.29, 1.82) is 0 Å². The molecule has 0 aliphatic rings. The molecule has 31 heavy (non-hydrogen) atoms. The second kappa shape index (κ2) is 9.36. The maximum Gasteiger partial charge on any atom is 0.321 e. The van der Waals surface area contributed by atoms with Gasteiger partial charge in [0.15, 0.2) is 12.4 Å². The first kappa shape index (κ1) is 21.9. The number of aromatic nitrogens is 1. The van der Waals surface area contributed by atoms with Crippen molar-refractivity contribution in [2.24, 2.45) is 0 Å². The number of carbonyl (C=O) groups is 1. The molecule has 0 spiro atoms. The number of hydrogen-bond donors (Lipinski definition) is 2. The molecule has 2 aromatic carbocycles. The van der Waals surface area contributed by atoms with Gasteiger partial charge in [0.2, 0.25) is 15.9 Å². The summed E-state index contributed by atoms with van der Waals surface area (Å²) >= 11 is 0. The number of esters is 1. The summed E-state index contributed by atoms with van der Waals surface area (Å²) in [6, 6.07) is 12.5. The molecule has 162 valence electrons. The van der Waals surface area contributed by atoms with Gasteiger partial charge in [0.1, 0.15) is 12.2 Å². The molecule has 11 nitrogen and oxygen atoms in total. The molecule has 0 unspecified atom stereocenters. The zero-order valence-corrected chi connectivity index (χ0v) is 17.1. The van der Waals surface area contributed by atoms with E-state index in [1.165, 1.54) is 25.4 Å². The third-order valence-corrected chi connectivity index (χ3v) is 5.52. The normalized spacial score (nSPS) is 11.1. The Bertz CT molecular complexity index is 1190. The van der Waals surface area contributed by atoms with Gasteiger partial charge in [0.25, 0.3) is 5.69 Å². The fourth-order valence-corrected chi connectivity index (χ4v) is 3.57. The number of carbonyl (C=O) groups excluding carboxylic acids is 1. The van der Waals surface area contributed by atoms with Crippen LogP contribution in [0, 0.1) is 10.1 Å². The Morgan fingerprint density at radius 2 is 1.97 bits per heavy atom. The molecule has 1 aromatic heterocycles. The van der Waals surface area contributed by atoms with Crippen LogP contribution in [-0.2, 0) is 26.2 Å². The molecular formula is C19H18N4O7S. The summed E-state index contributed by atoms with van der Waals surface area (Å²) < 4.78 is 37.2. The lowest BCUT2D eigenvalue weighted by Gasteiger charge is -2.08. The molecule has 0 atom stereocenters. The number of anilines is 1. The van der Waals surface area contributed by atoms with E-state index in [1.54, 1.807) is 0 Å². The molecule has 0 amide bonds. The molecule has 1 heterocycles. The molecular weight excluding hydrogens is 428 g/mol. The first-order valence-electron chi connectivity index (χ1n) is 8.92. The smallest absolute Gasteiger partial charge is 0.321 e. The maximum absolute atomic E-state index is 12.4. The van der Waals surface area contributed by atoms with Gasteiger partial charge in [-0.15, -0.1) is 0 Å². The van der Waals surface area contributed by atoms with Gasteiger partial charge in [0.05, 0.1) is 16.0 Å². The molecule has 0 aliphatic heterocycles. The van der Waals surface area contributed by atoms with E-state index in [4.69, 9.17) is 9.15 Å². The second-order valence-electron chi connectivity index (χ2n) is 6.16. The number of nitrogens with one attached hydrogen (secondary N) is 2. The van der Waals surface area contributed by atoms with Crippen molar-refractivity contribution in [3.63, 3.8) is 0 Å². The first-order chi connectivity index (χ1) is 14.8. The molecule has 12 heteroatoms. The molecule has 0 saturated carbocycles. The summed E-state index contributed by atoms with van der Waals surface area (Å²) in [6.45, 7) is -0.952. The highest BCUT2D eigenvalue weighted by Gasteiger charge is 2.22. The molecule has 0 radical (unpaired) electrons. The van der Waals surface area contributed by atoms with Crippen molar-refractivity contribution < 1.29 is 27.3 Å². The molecule has 0 aliphatic carbocycles. The quantitative estimate of drug-likeness (QED) is 0.286. The first-order valence-corrected chi connectivity index (χ1v) is 10.4. The van der Waals surface area contributed by atoms with Crippen LogP contribution in [0.5, 0.6) is 0 Å². The summed E-state index contributed by atoms with van der Waals surface area (Å²) in [4.78, 5) is 26.0. The van der Waals surface area contributed by atoms with E-state index in [1.807, 2.05) is 35.1 Å². The van der Waals surface area contributed by atoms with Crippen molar-refractivity contribution in [3.05, 3.63) is 70.7 Å². The predicted molar refractivity (Wildman–Crippen MR) is 110 cm³/mol. The summed E-state index contributed by atoms with van der Waals surface area (Å²) in [5.74, 6) is -0.225. The van der Waals surface area contributed by atoms with E-state index >= 15 is 0 Å². The number of nitro benzene ring substituents is 1. The SMILES string of the molecule is CNc1ccc(S(=O)(=O)NCC(=O)OCc2ncc(-c3ccccc3)o2)cc1[N+](=O)[O-]. The molecule has 0 fully saturated rings. The fraction of sp³-hybridized carbons (Fsp3) is 0.158. The number of oxazole rings is 1. The standard InChI is InChI=1S/C19H18N4O7S/c1-20-15-8-7-14(9-16(15)23(25)26)31(27,28)22-11-19(24)29-12-18-21-10-17(30-18)13-5-3-2-4-6-13/h2-10,20,22H,11-12H2,1H3. The van der Waals surface area contributed by atoms with Crippen molar-refractivity contribution in [2.45, 2.75) is 11.5 Å². The van der Waals surface area contributed by atoms with Crippen molar-refractivity contribution in [1.82, 2.24) is 9.71 Å². The number of rotatable bonds is 9. The van der Waals surface area contributed by atoms with Crippen molar-refractivity contribution in [2.75, 3.05) is 18.9 Å². The average Bonchev–Trinajstić information content (AvgIpc) is 3.25. The lowest BCUT2D eigenvalue weighted by molar-refractivity contribution is -0.384. The largest absolute Gasteiger partial charge is 0.455 e. The third kappa shape index (κ3) is 5.43. The van der Waals surface area contributed by atoms with Gasteiger partial charge in [-0.3, -0.25) is 14.9 Å². The number of nitrogens with zero attached hydrogens (tertiary/aromatic N) is 2. The zero-order chi connectivity index (χ0) is 22.4. The van der Waals surface area contributed by atoms with Crippen LogP contribution >= 0.6 is 0 Å². The number of hydrogen-bond acceptors (Lipinski definition) is 9. The third-order valence-electron chi connectivity index (χ3n) is 4.12. The van der Waals surface area contributed by atoms with Gasteiger partial charge in [-0.1, -0.05) is 30.3 Å². The minimum absolute atomic E-state index is 0.147. The van der Waals surface area contributed by atoms with Crippen LogP contribution < -0.4 is 10.0 Å². The van der Waals surface area contributed by atoms with E-state index in [0.717, 1.165) is 11.6 Å². The van der Waals surface area contributed by atoms with E-state index < -0.39 is 33.1 Å². The van der Waals surface area contributed by atoms with E-state index in [0.29, 0.717) is 5.76 Å². The lowest BCUT2D eigenvalue weighted by atomic mass is 10.2. The van der Waals surface area contributed by atoms with Crippen LogP contribution in [0.15, 0.2) is 64.0 Å². The van der Waals surface area contributed by atoms with Crippen LogP contribution in [0.25, 0.3) is 11.3 Å². The van der Waals surface area contributed by atoms with E-state index in [9.17, 15) is 23.3 Å². The Labute approximate surface area is 177 Å². The number of benzene rings is 2. The fourth-order valence-electron chi connectivity index (χ4n) is 2.58. The van der Waals surface area contributed by atoms with Gasteiger partial charge in [-0.2, -0.15) is 4.72 Å². The molecule has 2 N–H and O–H groups in total. The highest BCUT2D eigenvalue weighted by atomic mass is 32.2. The lowest BCUT2D eigenvalue weighted by Crippen LogP contribution is -2.30. The predicted octanol–water partition coefficient (Wildman–Crippen LogP) is 2.31. The number of nitro groups is 1. The summed E-state index contributed by atoms with van der Waals surface area (Å²) in [5.41, 5.74) is 0.550. The van der Waals surface area contributed by atoms with Gasteiger partial charge in [0, 0.05) is 18.7 Å². The van der Waals surface area contributed by atoms with Crippen LogP contribution in [-0.4, -0.2) is 37.9 Å². The Hall–Kier alpha value is -3.77. The van der Waals surface area contributed by atoms with Gasteiger partial charge >= 0.3 is 5.97 Å². The van der Waals surface area contributed by atoms with Gasteiger partial charge in [-0.25, -0.2) is 13.4 Å². The number of sulfonamides is 1. The highest BCUT2D eigenvalue weighted by Crippen LogP contribution is 2.27. The maximum atomic E-state index is 12.4. The Morgan fingerprint density at radius 1 is 1.23 bits per heavy atom. The zero-order valence-electron chi connectivity index (χ0n) is 16.3. The van der Waals surface area contributed by atoms with Crippen molar-refractivity contribution >= 4 is 27.4 Å². The van der Waals surface area contributed by atoms with Gasteiger partial charge < -0.3 is 14.5 Å². The summed E-state index contributed by atoms with van der Waals surface area (Å²) in [6.07, 6.45) is 1.49. The topological polar surface area (TPSA) is 154 Å². The monoisotopic (exact) mass is 446 g/mol. The Balaban J connectivity index is 1.57. The minimum Gasteiger partial charge on any atom is -0.455 e. The van der Waals surface area contributed by atoms with Gasteiger partial charge in [-0.05, 0) is 12.1 Å². The number of ether oxygens (including phenoxy) is 1. The van der Waals surface area contributed by atoms with Crippen LogP contribution in [0.2, 0.25) is 0 Å². The summed E-state index contributed by atoms with van der Waals surface area (Å²) in [7, 11) is -2.70. The van der Waals surface area contributed by atoms with E-state index in [-0.39, 0.29) is 23.1 Å². The molecule has 0 bridgehead atoms. The van der Waals surface area contributed by atoms with E-state index in [2.05, 4.69) is 10.3 Å². The average molecular weight is 446 g/mol. The molecule has 3 rings (SSSR count). The Kier molecular flexibility index (Phi) is 6.62. The van der Waals surface area contributed by atoms with Crippen LogP contribution in [0.3, 0.4) is 0 Å². The van der Waals surface area contributed by atoms with Crippen LogP contribution in [0.1, 0.15) is 5.89 Å². The van der Waals surface area contributed by atoms with Crippen LogP contribution in [0.4, 0.5) is 11.4 Å². The summed E-state index contributed by atoms with van der Waals surface area (Å²) in [5, 5.41) is 13.7. The molecule has 0 saturated heterocycles. The Morgan fingerprint density at radius 3 is 2.65 bits per heavy atom. The highest BCUT2D eigenvalue weighted by molar-refractivity contribution is 7.89. The second-order valence-corrected chi connectivity index (χ2v) is 7.92.